The van der Waals surface area contributed by atoms with Crippen molar-refractivity contribution in [3.63, 3.8) is 0 Å². The fraction of sp³-hybridized carbons (Fsp3) is 0.125. The molecule has 0 atom stereocenters. The average molecular weight is 616 g/mol. The van der Waals surface area contributed by atoms with Gasteiger partial charge < -0.3 is 24.0 Å². The quantitative estimate of drug-likeness (QED) is 0.217. The van der Waals surface area contributed by atoms with Crippen molar-refractivity contribution >= 4 is 43.7 Å². The minimum atomic E-state index is -3.75. The fourth-order valence-electron chi connectivity index (χ4n) is 5.05. The normalized spacial score (nSPS) is 11.7. The first-order valence-corrected chi connectivity index (χ1v) is 15.1. The first kappa shape index (κ1) is 28.7. The number of halogens is 1. The number of fused-ring (bicyclic) bond motifs is 2. The lowest BCUT2D eigenvalue weighted by Crippen LogP contribution is -2.25. The van der Waals surface area contributed by atoms with Crippen molar-refractivity contribution in [2.45, 2.75) is 0 Å². The molecule has 0 aliphatic heterocycles. The Hall–Kier alpha value is -5.36. The molecule has 2 N–H and O–H groups in total. The van der Waals surface area contributed by atoms with E-state index in [-0.39, 0.29) is 39.8 Å². The molecule has 0 spiro atoms. The molecule has 2 heterocycles. The molecule has 0 saturated heterocycles. The van der Waals surface area contributed by atoms with E-state index in [1.165, 1.54) is 51.5 Å². The molecule has 6 rings (SSSR count). The number of para-hydroxylation sites is 1. The largest absolute Gasteiger partial charge is 0.506 e. The zero-order chi connectivity index (χ0) is 31.3. The third kappa shape index (κ3) is 4.88. The van der Waals surface area contributed by atoms with E-state index in [1.807, 2.05) is 0 Å². The molecule has 4 aromatic carbocycles. The van der Waals surface area contributed by atoms with Crippen LogP contribution in [-0.4, -0.2) is 51.9 Å². The number of aromatic hydroxyl groups is 1. The van der Waals surface area contributed by atoms with Gasteiger partial charge in [0.1, 0.15) is 28.7 Å². The highest BCUT2D eigenvalue weighted by Crippen LogP contribution is 2.43. The molecule has 2 aromatic heterocycles. The van der Waals surface area contributed by atoms with Crippen molar-refractivity contribution in [2.24, 2.45) is 0 Å². The highest BCUT2D eigenvalue weighted by atomic mass is 32.2. The second-order valence-electron chi connectivity index (χ2n) is 10.0. The SMILES string of the molecule is CNC(=O)c1c(-c2ccc(F)cc2)oc2cc(N(C)S(C)(=O)=O)c(-c3ccc(OC)c(-c4nc5c(O)cccc5o4)c3)cc12. The molecule has 0 unspecified atom stereocenters. The maximum absolute atomic E-state index is 13.7. The van der Waals surface area contributed by atoms with E-state index >= 15 is 0 Å². The summed E-state index contributed by atoms with van der Waals surface area (Å²) in [5, 5.41) is 13.3. The number of carbonyl (C=O) groups is 1. The Balaban J connectivity index is 1.64. The number of benzene rings is 4. The summed E-state index contributed by atoms with van der Waals surface area (Å²) in [5.74, 6) is -0.144. The van der Waals surface area contributed by atoms with Crippen molar-refractivity contribution in [3.05, 3.63) is 84.2 Å². The number of oxazole rings is 1. The molecule has 12 heteroatoms. The molecular weight excluding hydrogens is 589 g/mol. The average Bonchev–Trinajstić information content (AvgIpc) is 3.62. The number of phenolic OH excluding ortho intramolecular Hbond substituents is 1. The monoisotopic (exact) mass is 615 g/mol. The number of nitrogens with one attached hydrogen (secondary N) is 1. The molecule has 224 valence electrons. The van der Waals surface area contributed by atoms with Gasteiger partial charge >= 0.3 is 0 Å². The third-order valence-corrected chi connectivity index (χ3v) is 8.53. The van der Waals surface area contributed by atoms with Crippen molar-refractivity contribution in [3.8, 4) is 45.4 Å². The summed E-state index contributed by atoms with van der Waals surface area (Å²) < 4.78 is 58.1. The van der Waals surface area contributed by atoms with Crippen LogP contribution < -0.4 is 14.4 Å². The van der Waals surface area contributed by atoms with Crippen molar-refractivity contribution < 1.29 is 36.3 Å². The van der Waals surface area contributed by atoms with Gasteiger partial charge in [0, 0.05) is 36.7 Å². The number of aromatic nitrogens is 1. The van der Waals surface area contributed by atoms with Gasteiger partial charge in [-0.15, -0.1) is 0 Å². The van der Waals surface area contributed by atoms with Gasteiger partial charge in [0.25, 0.3) is 5.91 Å². The predicted octanol–water partition coefficient (Wildman–Crippen LogP) is 6.18. The standard InChI is InChI=1S/C32H26FN3O7S/c1-34-31(38)28-21-15-20(18-10-13-25(41-3)22(14-18)32-35-29-24(37)6-5-7-26(29)43-32)23(36(2)44(4,39)40)16-27(21)42-30(28)17-8-11-19(33)12-9-17/h5-16,37H,1-4H3,(H,34,38). The van der Waals surface area contributed by atoms with Crippen LogP contribution in [0.15, 0.2) is 81.6 Å². The van der Waals surface area contributed by atoms with Crippen LogP contribution in [0.3, 0.4) is 0 Å². The molecule has 0 bridgehead atoms. The van der Waals surface area contributed by atoms with Gasteiger partial charge in [-0.25, -0.2) is 17.8 Å². The van der Waals surface area contributed by atoms with Crippen LogP contribution in [0.1, 0.15) is 10.4 Å². The molecule has 10 nitrogen and oxygen atoms in total. The van der Waals surface area contributed by atoms with Crippen LogP contribution in [-0.2, 0) is 10.0 Å². The number of sulfonamides is 1. The molecule has 0 radical (unpaired) electrons. The van der Waals surface area contributed by atoms with E-state index in [0.29, 0.717) is 39.0 Å². The third-order valence-electron chi connectivity index (χ3n) is 7.34. The van der Waals surface area contributed by atoms with Crippen molar-refractivity contribution in [1.29, 1.82) is 0 Å². The first-order valence-electron chi connectivity index (χ1n) is 13.3. The molecule has 6 aromatic rings. The first-order chi connectivity index (χ1) is 21.0. The van der Waals surface area contributed by atoms with Crippen LogP contribution in [0.2, 0.25) is 0 Å². The van der Waals surface area contributed by atoms with Gasteiger partial charge in [-0.05, 0) is 60.2 Å². The molecule has 0 saturated carbocycles. The van der Waals surface area contributed by atoms with E-state index in [4.69, 9.17) is 13.6 Å². The van der Waals surface area contributed by atoms with Crippen LogP contribution in [0, 0.1) is 5.82 Å². The Bertz CT molecular complexity index is 2190. The minimum Gasteiger partial charge on any atom is -0.506 e. The summed E-state index contributed by atoms with van der Waals surface area (Å²) in [4.78, 5) is 17.7. The van der Waals surface area contributed by atoms with Crippen molar-refractivity contribution in [1.82, 2.24) is 10.3 Å². The molecule has 44 heavy (non-hydrogen) atoms. The Morgan fingerprint density at radius 2 is 1.70 bits per heavy atom. The van der Waals surface area contributed by atoms with E-state index in [9.17, 15) is 22.7 Å². The number of nitrogens with zero attached hydrogens (tertiary/aromatic N) is 2. The fourth-order valence-corrected chi connectivity index (χ4v) is 5.56. The Morgan fingerprint density at radius 3 is 2.36 bits per heavy atom. The number of amides is 1. The maximum atomic E-state index is 13.7. The lowest BCUT2D eigenvalue weighted by molar-refractivity contribution is 0.0964. The number of phenols is 1. The number of hydrogen-bond acceptors (Lipinski definition) is 8. The van der Waals surface area contributed by atoms with Crippen LogP contribution in [0.4, 0.5) is 10.1 Å². The molecule has 0 aliphatic rings. The van der Waals surface area contributed by atoms with Gasteiger partial charge in [0.2, 0.25) is 15.9 Å². The number of furan rings is 1. The Labute approximate surface area is 251 Å². The highest BCUT2D eigenvalue weighted by Gasteiger charge is 2.27. The second-order valence-corrected chi connectivity index (χ2v) is 12.1. The molecular formula is C32H26FN3O7S. The predicted molar refractivity (Wildman–Crippen MR) is 165 cm³/mol. The second kappa shape index (κ2) is 10.7. The number of ether oxygens (including phenoxy) is 1. The Kier molecular flexibility index (Phi) is 7.01. The summed E-state index contributed by atoms with van der Waals surface area (Å²) in [6, 6.07) is 18.7. The smallest absolute Gasteiger partial charge is 0.255 e. The number of rotatable bonds is 7. The van der Waals surface area contributed by atoms with Gasteiger partial charge in [-0.2, -0.15) is 0 Å². The number of methoxy groups -OCH3 is 1. The zero-order valence-electron chi connectivity index (χ0n) is 24.0. The summed E-state index contributed by atoms with van der Waals surface area (Å²) in [5.41, 5.74) is 3.27. The Morgan fingerprint density at radius 1 is 0.977 bits per heavy atom. The molecule has 0 aliphatic carbocycles. The van der Waals surface area contributed by atoms with Crippen LogP contribution >= 0.6 is 0 Å². The molecule has 1 amide bonds. The lowest BCUT2D eigenvalue weighted by Gasteiger charge is -2.21. The zero-order valence-corrected chi connectivity index (χ0v) is 24.8. The van der Waals surface area contributed by atoms with Gasteiger partial charge in [0.05, 0.1) is 30.2 Å². The van der Waals surface area contributed by atoms with E-state index in [1.54, 1.807) is 42.5 Å². The minimum absolute atomic E-state index is 0.0474. The van der Waals surface area contributed by atoms with Gasteiger partial charge in [-0.3, -0.25) is 9.10 Å². The maximum Gasteiger partial charge on any atom is 0.255 e. The topological polar surface area (TPSA) is 135 Å². The van der Waals surface area contributed by atoms with Gasteiger partial charge in [0.15, 0.2) is 11.1 Å². The van der Waals surface area contributed by atoms with E-state index in [0.717, 1.165) is 10.6 Å². The summed E-state index contributed by atoms with van der Waals surface area (Å²) in [6.07, 6.45) is 1.08. The summed E-state index contributed by atoms with van der Waals surface area (Å²) >= 11 is 0. The number of anilines is 1. The molecule has 0 fully saturated rings. The number of carbonyl (C=O) groups excluding carboxylic acids is 1. The van der Waals surface area contributed by atoms with Crippen molar-refractivity contribution in [2.75, 3.05) is 31.8 Å². The highest BCUT2D eigenvalue weighted by molar-refractivity contribution is 7.92. The summed E-state index contributed by atoms with van der Waals surface area (Å²) in [7, 11) is 0.642. The van der Waals surface area contributed by atoms with Gasteiger partial charge in [-0.1, -0.05) is 12.1 Å². The van der Waals surface area contributed by atoms with Crippen LogP contribution in [0.5, 0.6) is 11.5 Å². The van der Waals surface area contributed by atoms with Crippen LogP contribution in [0.25, 0.3) is 56.0 Å². The number of hydrogen-bond donors (Lipinski definition) is 2. The van der Waals surface area contributed by atoms with E-state index in [2.05, 4.69) is 10.3 Å². The summed E-state index contributed by atoms with van der Waals surface area (Å²) in [6.45, 7) is 0. The lowest BCUT2D eigenvalue weighted by atomic mass is 9.97. The van der Waals surface area contributed by atoms with E-state index < -0.39 is 21.7 Å².